The van der Waals surface area contributed by atoms with Gasteiger partial charge in [-0.25, -0.2) is 14.2 Å². The molecule has 4 rings (SSSR count). The molecule has 0 spiro atoms. The van der Waals surface area contributed by atoms with Crippen molar-refractivity contribution in [2.75, 3.05) is 23.7 Å². The van der Waals surface area contributed by atoms with Gasteiger partial charge in [0.25, 0.3) is 0 Å². The van der Waals surface area contributed by atoms with Crippen molar-refractivity contribution in [2.45, 2.75) is 12.8 Å². The number of carbonyl (C=O) groups is 2. The number of piperidine rings is 1. The zero-order chi connectivity index (χ0) is 20.9. The first-order valence-corrected chi connectivity index (χ1v) is 10.6. The van der Waals surface area contributed by atoms with Crippen molar-refractivity contribution >= 4 is 34.1 Å². The third kappa shape index (κ3) is 4.83. The van der Waals surface area contributed by atoms with Crippen LogP contribution in [0.2, 0.25) is 0 Å². The molecule has 1 aliphatic rings. The molecular formula is C22H21FN4O2S. The fourth-order valence-electron chi connectivity index (χ4n) is 3.39. The Hall–Kier alpha value is -3.26. The van der Waals surface area contributed by atoms with Gasteiger partial charge in [-0.2, -0.15) is 0 Å². The number of likely N-dealkylation sites (tertiary alicyclic amines) is 1. The van der Waals surface area contributed by atoms with E-state index in [9.17, 15) is 14.0 Å². The highest BCUT2D eigenvalue weighted by molar-refractivity contribution is 7.14. The predicted octanol–water partition coefficient (Wildman–Crippen LogP) is 4.83. The van der Waals surface area contributed by atoms with Crippen LogP contribution in [0, 0.1) is 11.7 Å². The lowest BCUT2D eigenvalue weighted by Crippen LogP contribution is -2.45. The first-order chi connectivity index (χ1) is 14.6. The lowest BCUT2D eigenvalue weighted by Gasteiger charge is -2.31. The van der Waals surface area contributed by atoms with Crippen LogP contribution in [0.3, 0.4) is 0 Å². The first-order valence-electron chi connectivity index (χ1n) is 9.72. The van der Waals surface area contributed by atoms with Gasteiger partial charge in [-0.05, 0) is 49.2 Å². The van der Waals surface area contributed by atoms with Crippen LogP contribution in [0.5, 0.6) is 0 Å². The number of hydrogen-bond acceptors (Lipinski definition) is 4. The summed E-state index contributed by atoms with van der Waals surface area (Å²) >= 11 is 1.32. The highest BCUT2D eigenvalue weighted by atomic mass is 32.1. The summed E-state index contributed by atoms with van der Waals surface area (Å²) in [6.45, 7) is 0.981. The highest BCUT2D eigenvalue weighted by Crippen LogP contribution is 2.26. The summed E-state index contributed by atoms with van der Waals surface area (Å²) in [5.74, 6) is -0.744. The quantitative estimate of drug-likeness (QED) is 0.630. The van der Waals surface area contributed by atoms with Crippen LogP contribution in [0.25, 0.3) is 11.3 Å². The van der Waals surface area contributed by atoms with Gasteiger partial charge in [0.05, 0.1) is 11.6 Å². The van der Waals surface area contributed by atoms with E-state index in [4.69, 9.17) is 0 Å². The van der Waals surface area contributed by atoms with Crippen molar-refractivity contribution in [3.63, 3.8) is 0 Å². The third-order valence-electron chi connectivity index (χ3n) is 4.98. The van der Waals surface area contributed by atoms with E-state index in [1.54, 1.807) is 17.0 Å². The van der Waals surface area contributed by atoms with Gasteiger partial charge >= 0.3 is 6.03 Å². The second kappa shape index (κ2) is 9.04. The molecule has 1 unspecified atom stereocenters. The molecule has 0 bridgehead atoms. The number of aromatic nitrogens is 1. The van der Waals surface area contributed by atoms with E-state index in [2.05, 4.69) is 15.6 Å². The summed E-state index contributed by atoms with van der Waals surface area (Å²) in [5.41, 5.74) is 2.20. The Morgan fingerprint density at radius 2 is 1.83 bits per heavy atom. The third-order valence-corrected chi connectivity index (χ3v) is 5.74. The fraction of sp³-hybridized carbons (Fsp3) is 0.227. The van der Waals surface area contributed by atoms with E-state index in [-0.39, 0.29) is 23.7 Å². The molecule has 1 saturated heterocycles. The zero-order valence-corrected chi connectivity index (χ0v) is 17.0. The van der Waals surface area contributed by atoms with Gasteiger partial charge in [0.15, 0.2) is 5.13 Å². The average Bonchev–Trinajstić information content (AvgIpc) is 3.23. The monoisotopic (exact) mass is 424 g/mol. The smallest absolute Gasteiger partial charge is 0.321 e. The van der Waals surface area contributed by atoms with Crippen LogP contribution in [-0.2, 0) is 4.79 Å². The maximum absolute atomic E-state index is 13.1. The molecule has 154 valence electrons. The maximum atomic E-state index is 13.1. The molecule has 0 aliphatic carbocycles. The van der Waals surface area contributed by atoms with Crippen molar-refractivity contribution in [2.24, 2.45) is 5.92 Å². The van der Waals surface area contributed by atoms with Crippen LogP contribution in [-0.4, -0.2) is 34.9 Å². The van der Waals surface area contributed by atoms with Crippen LogP contribution in [0.1, 0.15) is 12.8 Å². The minimum Gasteiger partial charge on any atom is -0.324 e. The molecule has 1 fully saturated rings. The topological polar surface area (TPSA) is 74.3 Å². The van der Waals surface area contributed by atoms with Gasteiger partial charge in [0, 0.05) is 29.7 Å². The number of benzene rings is 2. The molecular weight excluding hydrogens is 403 g/mol. The van der Waals surface area contributed by atoms with Crippen LogP contribution < -0.4 is 10.6 Å². The Kier molecular flexibility index (Phi) is 6.04. The lowest BCUT2D eigenvalue weighted by molar-refractivity contribution is -0.121. The number of rotatable bonds is 4. The number of halogens is 1. The molecule has 2 heterocycles. The Labute approximate surface area is 177 Å². The van der Waals surface area contributed by atoms with E-state index in [1.807, 2.05) is 35.7 Å². The Balaban J connectivity index is 1.35. The number of thiazole rings is 1. The minimum atomic E-state index is -0.305. The van der Waals surface area contributed by atoms with E-state index >= 15 is 0 Å². The lowest BCUT2D eigenvalue weighted by atomic mass is 9.97. The van der Waals surface area contributed by atoms with Crippen molar-refractivity contribution in [3.05, 3.63) is 65.8 Å². The Morgan fingerprint density at radius 1 is 1.07 bits per heavy atom. The van der Waals surface area contributed by atoms with Gasteiger partial charge in [-0.1, -0.05) is 18.2 Å². The number of carbonyl (C=O) groups excluding carboxylic acids is 2. The number of nitrogens with zero attached hydrogens (tertiary/aromatic N) is 2. The minimum absolute atomic E-state index is 0.146. The summed E-state index contributed by atoms with van der Waals surface area (Å²) in [7, 11) is 0. The Morgan fingerprint density at radius 3 is 2.60 bits per heavy atom. The second-order valence-corrected chi connectivity index (χ2v) is 7.97. The van der Waals surface area contributed by atoms with Crippen molar-refractivity contribution in [3.8, 4) is 11.3 Å². The molecule has 2 aromatic carbocycles. The summed E-state index contributed by atoms with van der Waals surface area (Å²) in [6.07, 6.45) is 1.48. The van der Waals surface area contributed by atoms with Gasteiger partial charge in [-0.15, -0.1) is 11.3 Å². The Bertz CT molecular complexity index is 1020. The predicted molar refractivity (Wildman–Crippen MR) is 116 cm³/mol. The van der Waals surface area contributed by atoms with E-state index in [1.165, 1.54) is 23.5 Å². The van der Waals surface area contributed by atoms with Crippen molar-refractivity contribution in [1.82, 2.24) is 9.88 Å². The SMILES string of the molecule is O=C(Nc1nc(-c2ccc(F)cc2)cs1)C1CCCN(C(=O)Nc2ccccc2)C1. The van der Waals surface area contributed by atoms with E-state index < -0.39 is 0 Å². The normalized spacial score (nSPS) is 16.2. The summed E-state index contributed by atoms with van der Waals surface area (Å²) in [6, 6.07) is 15.1. The van der Waals surface area contributed by atoms with Crippen LogP contribution in [0.15, 0.2) is 60.0 Å². The molecule has 8 heteroatoms. The second-order valence-electron chi connectivity index (χ2n) is 7.12. The van der Waals surface area contributed by atoms with Crippen molar-refractivity contribution in [1.29, 1.82) is 0 Å². The molecule has 1 aromatic heterocycles. The first kappa shape index (κ1) is 20.0. The molecule has 0 radical (unpaired) electrons. The molecule has 2 N–H and O–H groups in total. The number of para-hydroxylation sites is 1. The molecule has 1 atom stereocenters. The summed E-state index contributed by atoms with van der Waals surface area (Å²) in [4.78, 5) is 31.4. The molecule has 0 saturated carbocycles. The van der Waals surface area contributed by atoms with E-state index in [0.29, 0.717) is 23.9 Å². The standard InChI is InChI=1S/C22H21FN4O2S/c23-17-10-8-15(9-11-17)19-14-30-21(25-19)26-20(28)16-5-4-12-27(13-16)22(29)24-18-6-2-1-3-7-18/h1-3,6-11,14,16H,4-5,12-13H2,(H,24,29)(H,25,26,28). The average molecular weight is 425 g/mol. The molecule has 3 amide bonds. The van der Waals surface area contributed by atoms with E-state index in [0.717, 1.165) is 24.1 Å². The number of amides is 3. The van der Waals surface area contributed by atoms with Crippen LogP contribution >= 0.6 is 11.3 Å². The summed E-state index contributed by atoms with van der Waals surface area (Å²) in [5, 5.41) is 8.04. The zero-order valence-electron chi connectivity index (χ0n) is 16.2. The number of hydrogen-bond donors (Lipinski definition) is 2. The number of anilines is 2. The molecule has 1 aliphatic heterocycles. The van der Waals surface area contributed by atoms with Gasteiger partial charge < -0.3 is 15.5 Å². The van der Waals surface area contributed by atoms with Gasteiger partial charge in [0.2, 0.25) is 5.91 Å². The molecule has 6 nitrogen and oxygen atoms in total. The number of nitrogens with one attached hydrogen (secondary N) is 2. The highest BCUT2D eigenvalue weighted by Gasteiger charge is 2.29. The largest absolute Gasteiger partial charge is 0.324 e. The fourth-order valence-corrected chi connectivity index (χ4v) is 4.11. The van der Waals surface area contributed by atoms with Gasteiger partial charge in [0.1, 0.15) is 5.82 Å². The molecule has 30 heavy (non-hydrogen) atoms. The van der Waals surface area contributed by atoms with Crippen molar-refractivity contribution < 1.29 is 14.0 Å². The van der Waals surface area contributed by atoms with Gasteiger partial charge in [-0.3, -0.25) is 4.79 Å². The number of urea groups is 1. The maximum Gasteiger partial charge on any atom is 0.321 e. The molecule has 3 aromatic rings. The summed E-state index contributed by atoms with van der Waals surface area (Å²) < 4.78 is 13.1. The van der Waals surface area contributed by atoms with Crippen LogP contribution in [0.4, 0.5) is 20.0 Å².